The molecule has 1 amide bonds. The summed E-state index contributed by atoms with van der Waals surface area (Å²) in [6, 6.07) is -0.339. The highest BCUT2D eigenvalue weighted by Gasteiger charge is 2.20. The van der Waals surface area contributed by atoms with Crippen LogP contribution in [0.3, 0.4) is 0 Å². The average Bonchev–Trinajstić information content (AvgIpc) is 2.07. The van der Waals surface area contributed by atoms with Gasteiger partial charge in [0.25, 0.3) is 0 Å². The lowest BCUT2D eigenvalue weighted by Gasteiger charge is -2.26. The van der Waals surface area contributed by atoms with E-state index in [0.717, 1.165) is 6.42 Å². The van der Waals surface area contributed by atoms with Crippen molar-refractivity contribution in [2.45, 2.75) is 45.2 Å². The number of hydrogen-bond donors (Lipinski definition) is 5. The molecule has 6 heteroatoms. The molecule has 1 atom stereocenters. The molecule has 0 aromatic rings. The minimum Gasteiger partial charge on any atom is -0.370 e. The van der Waals surface area contributed by atoms with Crippen molar-refractivity contribution in [1.82, 2.24) is 10.6 Å². The summed E-state index contributed by atoms with van der Waals surface area (Å²) >= 11 is 0. The van der Waals surface area contributed by atoms with Crippen LogP contribution in [-0.4, -0.2) is 30.0 Å². The molecular weight excluding hydrogens is 206 g/mol. The van der Waals surface area contributed by atoms with Crippen molar-refractivity contribution < 1.29 is 4.79 Å². The van der Waals surface area contributed by atoms with Crippen LogP contribution in [0.25, 0.3) is 0 Å². The Bertz CT molecular complexity index is 246. The second-order valence-corrected chi connectivity index (χ2v) is 4.83. The Labute approximate surface area is 96.7 Å². The van der Waals surface area contributed by atoms with E-state index in [1.165, 1.54) is 0 Å². The molecule has 0 fully saturated rings. The Morgan fingerprint density at radius 2 is 1.94 bits per heavy atom. The third-order valence-electron chi connectivity index (χ3n) is 1.94. The third-order valence-corrected chi connectivity index (χ3v) is 1.94. The molecule has 16 heavy (non-hydrogen) atoms. The normalized spacial score (nSPS) is 13.2. The fourth-order valence-electron chi connectivity index (χ4n) is 1.34. The highest BCUT2D eigenvalue weighted by molar-refractivity contribution is 5.79. The van der Waals surface area contributed by atoms with Crippen LogP contribution in [0, 0.1) is 5.41 Å². The van der Waals surface area contributed by atoms with Crippen LogP contribution in [0.5, 0.6) is 0 Å². The Hall–Kier alpha value is -1.30. The van der Waals surface area contributed by atoms with Gasteiger partial charge in [0.2, 0.25) is 5.91 Å². The molecule has 7 N–H and O–H groups in total. The summed E-state index contributed by atoms with van der Waals surface area (Å²) in [7, 11) is 0. The van der Waals surface area contributed by atoms with E-state index in [1.54, 1.807) is 0 Å². The smallest absolute Gasteiger partial charge is 0.234 e. The Balaban J connectivity index is 3.96. The molecule has 0 heterocycles. The lowest BCUT2D eigenvalue weighted by Crippen LogP contribution is -2.50. The molecule has 0 aromatic carbocycles. The zero-order valence-corrected chi connectivity index (χ0v) is 10.3. The summed E-state index contributed by atoms with van der Waals surface area (Å²) in [4.78, 5) is 11.2. The summed E-state index contributed by atoms with van der Waals surface area (Å²) in [6.45, 7) is 6.52. The van der Waals surface area contributed by atoms with Gasteiger partial charge in [-0.25, -0.2) is 0 Å². The molecule has 0 aromatic heterocycles. The fraction of sp³-hybridized carbons (Fsp3) is 0.800. The van der Waals surface area contributed by atoms with Crippen molar-refractivity contribution in [2.75, 3.05) is 6.54 Å². The van der Waals surface area contributed by atoms with Gasteiger partial charge in [0.1, 0.15) is 0 Å². The van der Waals surface area contributed by atoms with Crippen molar-refractivity contribution >= 4 is 11.9 Å². The van der Waals surface area contributed by atoms with Crippen molar-refractivity contribution in [2.24, 2.45) is 11.5 Å². The second kappa shape index (κ2) is 6.32. The van der Waals surface area contributed by atoms with Gasteiger partial charge in [-0.05, 0) is 33.6 Å². The van der Waals surface area contributed by atoms with Gasteiger partial charge in [0.05, 0.1) is 6.04 Å². The maximum atomic E-state index is 11.2. The SMILES string of the molecule is CC(C)(C)NC(CCCNC(=N)N)C(N)=O. The topological polar surface area (TPSA) is 117 Å². The number of rotatable bonds is 6. The van der Waals surface area contributed by atoms with Crippen molar-refractivity contribution in [3.63, 3.8) is 0 Å². The zero-order valence-electron chi connectivity index (χ0n) is 10.3. The summed E-state index contributed by atoms with van der Waals surface area (Å²) in [5.74, 6) is -0.405. The zero-order chi connectivity index (χ0) is 12.8. The molecule has 0 aliphatic rings. The minimum absolute atomic E-state index is 0.0561. The van der Waals surface area contributed by atoms with Gasteiger partial charge in [-0.15, -0.1) is 0 Å². The molecule has 0 rings (SSSR count). The fourth-order valence-corrected chi connectivity index (χ4v) is 1.34. The molecular formula is C10H23N5O. The average molecular weight is 229 g/mol. The number of primary amides is 1. The number of guanidine groups is 1. The van der Waals surface area contributed by atoms with E-state index in [-0.39, 0.29) is 23.4 Å². The van der Waals surface area contributed by atoms with Gasteiger partial charge in [-0.1, -0.05) is 0 Å². The summed E-state index contributed by atoms with van der Waals surface area (Å²) < 4.78 is 0. The Morgan fingerprint density at radius 3 is 2.31 bits per heavy atom. The molecule has 0 radical (unpaired) electrons. The van der Waals surface area contributed by atoms with Crippen LogP contribution in [0.4, 0.5) is 0 Å². The molecule has 0 aliphatic carbocycles. The van der Waals surface area contributed by atoms with Crippen LogP contribution >= 0.6 is 0 Å². The molecule has 0 aliphatic heterocycles. The van der Waals surface area contributed by atoms with E-state index in [9.17, 15) is 4.79 Å². The first-order valence-corrected chi connectivity index (χ1v) is 5.37. The van der Waals surface area contributed by atoms with Crippen LogP contribution in [0.1, 0.15) is 33.6 Å². The highest BCUT2D eigenvalue weighted by atomic mass is 16.1. The number of hydrogen-bond acceptors (Lipinski definition) is 3. The van der Waals surface area contributed by atoms with Crippen LogP contribution < -0.4 is 22.1 Å². The Kier molecular flexibility index (Phi) is 5.81. The van der Waals surface area contributed by atoms with E-state index in [0.29, 0.717) is 13.0 Å². The lowest BCUT2D eigenvalue weighted by atomic mass is 10.0. The highest BCUT2D eigenvalue weighted by Crippen LogP contribution is 2.05. The standard InChI is InChI=1S/C10H23N5O/c1-10(2,3)15-7(8(11)16)5-4-6-14-9(12)13/h7,15H,4-6H2,1-3H3,(H2,11,16)(H4,12,13,14). The van der Waals surface area contributed by atoms with Crippen molar-refractivity contribution in [1.29, 1.82) is 5.41 Å². The summed E-state index contributed by atoms with van der Waals surface area (Å²) in [5, 5.41) is 12.8. The molecule has 6 nitrogen and oxygen atoms in total. The third kappa shape index (κ3) is 8.05. The van der Waals surface area contributed by atoms with E-state index < -0.39 is 0 Å². The number of nitrogens with one attached hydrogen (secondary N) is 3. The molecule has 1 unspecified atom stereocenters. The predicted octanol–water partition coefficient (Wildman–Crippen LogP) is -0.508. The van der Waals surface area contributed by atoms with E-state index in [1.807, 2.05) is 20.8 Å². The van der Waals surface area contributed by atoms with Gasteiger partial charge in [-0.2, -0.15) is 0 Å². The van der Waals surface area contributed by atoms with Gasteiger partial charge in [0.15, 0.2) is 5.96 Å². The van der Waals surface area contributed by atoms with Gasteiger partial charge in [0, 0.05) is 12.1 Å². The lowest BCUT2D eigenvalue weighted by molar-refractivity contribution is -0.120. The van der Waals surface area contributed by atoms with Crippen LogP contribution in [0.15, 0.2) is 0 Å². The van der Waals surface area contributed by atoms with Crippen LogP contribution in [-0.2, 0) is 4.79 Å². The largest absolute Gasteiger partial charge is 0.370 e. The molecule has 94 valence electrons. The summed E-state index contributed by atoms with van der Waals surface area (Å²) in [5.41, 5.74) is 10.3. The number of carbonyl (C=O) groups is 1. The van der Waals surface area contributed by atoms with Gasteiger partial charge >= 0.3 is 0 Å². The second-order valence-electron chi connectivity index (χ2n) is 4.83. The van der Waals surface area contributed by atoms with Gasteiger partial charge in [-0.3, -0.25) is 10.2 Å². The number of nitrogens with two attached hydrogens (primary N) is 2. The molecule has 0 saturated heterocycles. The minimum atomic E-state index is -0.349. The maximum absolute atomic E-state index is 11.2. The summed E-state index contributed by atoms with van der Waals surface area (Å²) in [6.07, 6.45) is 1.36. The van der Waals surface area contributed by atoms with E-state index in [4.69, 9.17) is 16.9 Å². The molecule has 0 bridgehead atoms. The molecule has 0 spiro atoms. The number of carbonyl (C=O) groups excluding carboxylic acids is 1. The predicted molar refractivity (Wildman–Crippen MR) is 65.0 cm³/mol. The van der Waals surface area contributed by atoms with E-state index >= 15 is 0 Å². The van der Waals surface area contributed by atoms with Crippen LogP contribution in [0.2, 0.25) is 0 Å². The van der Waals surface area contributed by atoms with Gasteiger partial charge < -0.3 is 22.1 Å². The molecule has 0 saturated carbocycles. The first-order chi connectivity index (χ1) is 7.22. The first-order valence-electron chi connectivity index (χ1n) is 5.37. The monoisotopic (exact) mass is 229 g/mol. The first kappa shape index (κ1) is 14.7. The Morgan fingerprint density at radius 1 is 1.38 bits per heavy atom. The van der Waals surface area contributed by atoms with E-state index in [2.05, 4.69) is 10.6 Å². The van der Waals surface area contributed by atoms with Crippen molar-refractivity contribution in [3.8, 4) is 0 Å². The maximum Gasteiger partial charge on any atom is 0.234 e. The number of amides is 1. The quantitative estimate of drug-likeness (QED) is 0.239. The van der Waals surface area contributed by atoms with Crippen molar-refractivity contribution in [3.05, 3.63) is 0 Å².